The van der Waals surface area contributed by atoms with Crippen LogP contribution in [0.5, 0.6) is 0 Å². The second kappa shape index (κ2) is 6.77. The Hall–Kier alpha value is -1.05. The Kier molecular flexibility index (Phi) is 5.64. The van der Waals surface area contributed by atoms with Crippen molar-refractivity contribution in [1.29, 1.82) is 5.41 Å². The SMILES string of the molecule is Cc1ccc(S(=O)(=O)NCCCSC(=N)N)cc1. The van der Waals surface area contributed by atoms with E-state index in [-0.39, 0.29) is 10.1 Å². The first-order valence-electron chi connectivity index (χ1n) is 5.45. The van der Waals surface area contributed by atoms with Crippen molar-refractivity contribution >= 4 is 27.0 Å². The second-order valence-corrected chi connectivity index (χ2v) is 6.68. The third-order valence-electron chi connectivity index (χ3n) is 2.20. The van der Waals surface area contributed by atoms with Gasteiger partial charge in [-0.15, -0.1) is 0 Å². The van der Waals surface area contributed by atoms with Gasteiger partial charge in [0.2, 0.25) is 10.0 Å². The molecular weight excluding hydrogens is 270 g/mol. The van der Waals surface area contributed by atoms with Crippen LogP contribution >= 0.6 is 11.8 Å². The maximum absolute atomic E-state index is 11.9. The van der Waals surface area contributed by atoms with Crippen molar-refractivity contribution < 1.29 is 8.42 Å². The molecule has 0 saturated heterocycles. The Morgan fingerprint density at radius 1 is 1.39 bits per heavy atom. The van der Waals surface area contributed by atoms with Gasteiger partial charge in [-0.25, -0.2) is 13.1 Å². The highest BCUT2D eigenvalue weighted by atomic mass is 32.2. The van der Waals surface area contributed by atoms with E-state index in [1.807, 2.05) is 6.92 Å². The van der Waals surface area contributed by atoms with Gasteiger partial charge in [-0.3, -0.25) is 5.41 Å². The molecule has 1 aromatic rings. The van der Waals surface area contributed by atoms with Gasteiger partial charge in [0, 0.05) is 12.3 Å². The Balaban J connectivity index is 2.45. The van der Waals surface area contributed by atoms with Gasteiger partial charge >= 0.3 is 0 Å². The van der Waals surface area contributed by atoms with Gasteiger partial charge in [0.05, 0.1) is 4.90 Å². The van der Waals surface area contributed by atoms with E-state index in [0.29, 0.717) is 18.7 Å². The Labute approximate surface area is 112 Å². The lowest BCUT2D eigenvalue weighted by atomic mass is 10.2. The third-order valence-corrected chi connectivity index (χ3v) is 4.48. The van der Waals surface area contributed by atoms with E-state index in [0.717, 1.165) is 5.56 Å². The zero-order valence-electron chi connectivity index (χ0n) is 10.1. The van der Waals surface area contributed by atoms with E-state index in [9.17, 15) is 8.42 Å². The van der Waals surface area contributed by atoms with E-state index < -0.39 is 10.0 Å². The number of nitrogens with two attached hydrogens (primary N) is 1. The molecule has 4 N–H and O–H groups in total. The molecule has 0 spiro atoms. The first kappa shape index (κ1) is 15.0. The van der Waals surface area contributed by atoms with Gasteiger partial charge in [0.25, 0.3) is 0 Å². The molecule has 0 heterocycles. The fraction of sp³-hybridized carbons (Fsp3) is 0.364. The number of sulfonamides is 1. The second-order valence-electron chi connectivity index (χ2n) is 3.78. The zero-order chi connectivity index (χ0) is 13.6. The Bertz CT molecular complexity index is 498. The van der Waals surface area contributed by atoms with Crippen molar-refractivity contribution in [1.82, 2.24) is 4.72 Å². The maximum Gasteiger partial charge on any atom is 0.240 e. The van der Waals surface area contributed by atoms with Gasteiger partial charge in [0.15, 0.2) is 5.17 Å². The van der Waals surface area contributed by atoms with Crippen molar-refractivity contribution in [2.45, 2.75) is 18.2 Å². The first-order valence-corrected chi connectivity index (χ1v) is 7.92. The van der Waals surface area contributed by atoms with Crippen LogP contribution < -0.4 is 10.5 Å². The Morgan fingerprint density at radius 2 is 2.00 bits per heavy atom. The zero-order valence-corrected chi connectivity index (χ0v) is 11.8. The number of thioether (sulfide) groups is 1. The highest BCUT2D eigenvalue weighted by Crippen LogP contribution is 2.10. The molecule has 0 fully saturated rings. The van der Waals surface area contributed by atoms with E-state index in [2.05, 4.69) is 4.72 Å². The number of aryl methyl sites for hydroxylation is 1. The summed E-state index contributed by atoms with van der Waals surface area (Å²) in [4.78, 5) is 0.271. The monoisotopic (exact) mass is 287 g/mol. The summed E-state index contributed by atoms with van der Waals surface area (Å²) >= 11 is 1.21. The van der Waals surface area contributed by atoms with Crippen LogP contribution in [-0.4, -0.2) is 25.9 Å². The van der Waals surface area contributed by atoms with Crippen molar-refractivity contribution in [3.05, 3.63) is 29.8 Å². The summed E-state index contributed by atoms with van der Waals surface area (Å²) in [5.74, 6) is 0.631. The van der Waals surface area contributed by atoms with Crippen LogP contribution in [0, 0.1) is 12.3 Å². The topological polar surface area (TPSA) is 96.0 Å². The quantitative estimate of drug-likeness (QED) is 0.417. The van der Waals surface area contributed by atoms with Crippen LogP contribution in [-0.2, 0) is 10.0 Å². The average molecular weight is 287 g/mol. The van der Waals surface area contributed by atoms with Crippen molar-refractivity contribution in [3.8, 4) is 0 Å². The number of hydrogen-bond acceptors (Lipinski definition) is 4. The molecule has 0 amide bonds. The molecule has 0 aliphatic carbocycles. The van der Waals surface area contributed by atoms with E-state index in [4.69, 9.17) is 11.1 Å². The molecule has 5 nitrogen and oxygen atoms in total. The summed E-state index contributed by atoms with van der Waals surface area (Å²) in [6.45, 7) is 2.25. The summed E-state index contributed by atoms with van der Waals surface area (Å²) < 4.78 is 26.2. The highest BCUT2D eigenvalue weighted by Gasteiger charge is 2.12. The van der Waals surface area contributed by atoms with Crippen molar-refractivity contribution in [2.24, 2.45) is 5.73 Å². The van der Waals surface area contributed by atoms with Crippen LogP contribution in [0.15, 0.2) is 29.2 Å². The molecule has 0 aliphatic rings. The normalized spacial score (nSPS) is 11.4. The minimum atomic E-state index is -3.42. The molecule has 0 aliphatic heterocycles. The lowest BCUT2D eigenvalue weighted by molar-refractivity contribution is 0.581. The summed E-state index contributed by atoms with van der Waals surface area (Å²) in [5, 5.41) is 7.06. The number of rotatable bonds is 6. The molecule has 0 atom stereocenters. The molecule has 7 heteroatoms. The van der Waals surface area contributed by atoms with Crippen molar-refractivity contribution in [2.75, 3.05) is 12.3 Å². The van der Waals surface area contributed by atoms with E-state index >= 15 is 0 Å². The molecule has 1 rings (SSSR count). The lowest BCUT2D eigenvalue weighted by Crippen LogP contribution is -2.25. The van der Waals surface area contributed by atoms with Gasteiger partial charge < -0.3 is 5.73 Å². The summed E-state index contributed by atoms with van der Waals surface area (Å²) in [7, 11) is -3.42. The summed E-state index contributed by atoms with van der Waals surface area (Å²) in [6.07, 6.45) is 0.634. The number of nitrogens with one attached hydrogen (secondary N) is 2. The highest BCUT2D eigenvalue weighted by molar-refractivity contribution is 8.13. The molecule has 1 aromatic carbocycles. The predicted octanol–water partition coefficient (Wildman–Crippen LogP) is 1.29. The fourth-order valence-corrected chi connectivity index (χ4v) is 2.84. The average Bonchev–Trinajstić information content (AvgIpc) is 2.28. The molecule has 0 unspecified atom stereocenters. The molecule has 100 valence electrons. The Morgan fingerprint density at radius 3 is 2.56 bits per heavy atom. The number of benzene rings is 1. The van der Waals surface area contributed by atoms with Crippen molar-refractivity contribution in [3.63, 3.8) is 0 Å². The smallest absolute Gasteiger partial charge is 0.240 e. The third kappa shape index (κ3) is 5.07. The van der Waals surface area contributed by atoms with Crippen LogP contribution in [0.1, 0.15) is 12.0 Å². The minimum Gasteiger partial charge on any atom is -0.379 e. The molecule has 0 radical (unpaired) electrons. The number of hydrogen-bond donors (Lipinski definition) is 3. The van der Waals surface area contributed by atoms with E-state index in [1.165, 1.54) is 11.8 Å². The van der Waals surface area contributed by atoms with Gasteiger partial charge in [-0.2, -0.15) is 0 Å². The van der Waals surface area contributed by atoms with Gasteiger partial charge in [0.1, 0.15) is 0 Å². The number of amidine groups is 1. The van der Waals surface area contributed by atoms with Crippen LogP contribution in [0.2, 0.25) is 0 Å². The van der Waals surface area contributed by atoms with E-state index in [1.54, 1.807) is 24.3 Å². The van der Waals surface area contributed by atoms with Crippen LogP contribution in [0.25, 0.3) is 0 Å². The predicted molar refractivity (Wildman–Crippen MR) is 75.4 cm³/mol. The molecule has 0 aromatic heterocycles. The molecule has 18 heavy (non-hydrogen) atoms. The summed E-state index contributed by atoms with van der Waals surface area (Å²) in [5.41, 5.74) is 6.19. The van der Waals surface area contributed by atoms with Crippen LogP contribution in [0.3, 0.4) is 0 Å². The van der Waals surface area contributed by atoms with Gasteiger partial charge in [-0.1, -0.05) is 29.5 Å². The maximum atomic E-state index is 11.9. The summed E-state index contributed by atoms with van der Waals surface area (Å²) in [6, 6.07) is 6.70. The largest absolute Gasteiger partial charge is 0.379 e. The molecule has 0 saturated carbocycles. The minimum absolute atomic E-state index is 0.0522. The molecular formula is C11H17N3O2S2. The van der Waals surface area contributed by atoms with Crippen LogP contribution in [0.4, 0.5) is 0 Å². The fourth-order valence-electron chi connectivity index (χ4n) is 1.26. The first-order chi connectivity index (χ1) is 8.42. The van der Waals surface area contributed by atoms with Gasteiger partial charge in [-0.05, 0) is 25.5 Å². The standard InChI is InChI=1S/C11H17N3O2S2/c1-9-3-5-10(6-4-9)18(15,16)14-7-2-8-17-11(12)13/h3-6,14H,2,7-8H2,1H3,(H3,12,13). The lowest BCUT2D eigenvalue weighted by Gasteiger charge is -2.06. The molecule has 0 bridgehead atoms.